The first-order valence-electron chi connectivity index (χ1n) is 6.73. The molecule has 1 aromatic carbocycles. The average molecular weight is 287 g/mol. The topological polar surface area (TPSA) is 84.2 Å². The third-order valence-corrected chi connectivity index (χ3v) is 3.16. The second-order valence-corrected chi connectivity index (χ2v) is 4.55. The van der Waals surface area contributed by atoms with E-state index in [1.54, 1.807) is 41.2 Å². The van der Waals surface area contributed by atoms with Crippen molar-refractivity contribution < 1.29 is 9.90 Å². The molecule has 1 aromatic heterocycles. The van der Waals surface area contributed by atoms with Crippen LogP contribution in [0.3, 0.4) is 0 Å². The molecule has 0 amide bonds. The lowest BCUT2D eigenvalue weighted by atomic mass is 10.1. The first kappa shape index (κ1) is 14.8. The van der Waals surface area contributed by atoms with E-state index in [0.29, 0.717) is 25.3 Å². The Morgan fingerprint density at radius 1 is 1.33 bits per heavy atom. The van der Waals surface area contributed by atoms with Gasteiger partial charge in [-0.25, -0.2) is 9.78 Å². The summed E-state index contributed by atoms with van der Waals surface area (Å²) in [5.41, 5.74) is 1.13. The SMILES string of the molecule is CCn1ccnc(NCCc2ccc(C(=O)O)cc2)c1=O. The smallest absolute Gasteiger partial charge is 0.335 e. The van der Waals surface area contributed by atoms with Gasteiger partial charge >= 0.3 is 5.97 Å². The molecule has 110 valence electrons. The van der Waals surface area contributed by atoms with Crippen LogP contribution in [-0.2, 0) is 13.0 Å². The first-order valence-corrected chi connectivity index (χ1v) is 6.73. The summed E-state index contributed by atoms with van der Waals surface area (Å²) in [5, 5.41) is 11.8. The van der Waals surface area contributed by atoms with Gasteiger partial charge in [0.15, 0.2) is 5.82 Å². The molecular weight excluding hydrogens is 270 g/mol. The number of anilines is 1. The van der Waals surface area contributed by atoms with Gasteiger partial charge in [0.1, 0.15) is 0 Å². The van der Waals surface area contributed by atoms with Crippen molar-refractivity contribution in [3.05, 3.63) is 58.1 Å². The number of nitrogens with one attached hydrogen (secondary N) is 1. The molecule has 0 saturated heterocycles. The third-order valence-electron chi connectivity index (χ3n) is 3.16. The predicted octanol–water partition coefficient (Wildman–Crippen LogP) is 1.62. The van der Waals surface area contributed by atoms with E-state index in [4.69, 9.17) is 5.11 Å². The van der Waals surface area contributed by atoms with Crippen LogP contribution in [0.15, 0.2) is 41.5 Å². The highest BCUT2D eigenvalue weighted by Crippen LogP contribution is 2.05. The maximum atomic E-state index is 11.9. The molecule has 21 heavy (non-hydrogen) atoms. The second-order valence-electron chi connectivity index (χ2n) is 4.55. The summed E-state index contributed by atoms with van der Waals surface area (Å²) in [6, 6.07) is 6.69. The van der Waals surface area contributed by atoms with E-state index in [-0.39, 0.29) is 11.1 Å². The maximum absolute atomic E-state index is 11.9. The molecule has 0 aliphatic carbocycles. The van der Waals surface area contributed by atoms with Crippen LogP contribution in [0.1, 0.15) is 22.8 Å². The minimum atomic E-state index is -0.937. The normalized spacial score (nSPS) is 10.3. The van der Waals surface area contributed by atoms with Gasteiger partial charge in [0.05, 0.1) is 5.56 Å². The van der Waals surface area contributed by atoms with E-state index in [1.807, 2.05) is 6.92 Å². The van der Waals surface area contributed by atoms with Crippen molar-refractivity contribution >= 4 is 11.8 Å². The Bertz CT molecular complexity index is 677. The molecule has 0 saturated carbocycles. The van der Waals surface area contributed by atoms with Gasteiger partial charge < -0.3 is 15.0 Å². The van der Waals surface area contributed by atoms with Crippen molar-refractivity contribution in [3.63, 3.8) is 0 Å². The van der Waals surface area contributed by atoms with Crippen LogP contribution >= 0.6 is 0 Å². The number of carboxylic acid groups (broad SMARTS) is 1. The highest BCUT2D eigenvalue weighted by atomic mass is 16.4. The fraction of sp³-hybridized carbons (Fsp3) is 0.267. The van der Waals surface area contributed by atoms with Crippen molar-refractivity contribution in [1.82, 2.24) is 9.55 Å². The summed E-state index contributed by atoms with van der Waals surface area (Å²) in [7, 11) is 0. The van der Waals surface area contributed by atoms with Gasteiger partial charge in [0, 0.05) is 25.5 Å². The molecule has 2 N–H and O–H groups in total. The molecule has 6 nitrogen and oxygen atoms in total. The Labute approximate surface area is 122 Å². The lowest BCUT2D eigenvalue weighted by molar-refractivity contribution is 0.0697. The number of hydrogen-bond acceptors (Lipinski definition) is 4. The molecule has 0 aliphatic heterocycles. The summed E-state index contributed by atoms with van der Waals surface area (Å²) >= 11 is 0. The molecule has 0 fully saturated rings. The average Bonchev–Trinajstić information content (AvgIpc) is 2.49. The maximum Gasteiger partial charge on any atom is 0.335 e. The minimum absolute atomic E-state index is 0.138. The van der Waals surface area contributed by atoms with Crippen LogP contribution < -0.4 is 10.9 Å². The molecular formula is C15H17N3O3. The zero-order chi connectivity index (χ0) is 15.2. The molecule has 0 atom stereocenters. The fourth-order valence-electron chi connectivity index (χ4n) is 1.96. The van der Waals surface area contributed by atoms with Crippen molar-refractivity contribution in [2.24, 2.45) is 0 Å². The van der Waals surface area contributed by atoms with Crippen LogP contribution in [0.2, 0.25) is 0 Å². The second kappa shape index (κ2) is 6.69. The van der Waals surface area contributed by atoms with E-state index < -0.39 is 5.97 Å². The van der Waals surface area contributed by atoms with Crippen LogP contribution in [0, 0.1) is 0 Å². The lowest BCUT2D eigenvalue weighted by Gasteiger charge is -2.07. The lowest BCUT2D eigenvalue weighted by Crippen LogP contribution is -2.24. The molecule has 0 radical (unpaired) electrons. The number of carboxylic acids is 1. The van der Waals surface area contributed by atoms with Crippen LogP contribution in [-0.4, -0.2) is 27.2 Å². The Morgan fingerprint density at radius 2 is 2.05 bits per heavy atom. The van der Waals surface area contributed by atoms with Gasteiger partial charge in [-0.1, -0.05) is 12.1 Å². The number of hydrogen-bond donors (Lipinski definition) is 2. The van der Waals surface area contributed by atoms with Crippen molar-refractivity contribution in [2.75, 3.05) is 11.9 Å². The molecule has 0 bridgehead atoms. The van der Waals surface area contributed by atoms with Gasteiger partial charge in [-0.2, -0.15) is 0 Å². The Kier molecular flexibility index (Phi) is 4.71. The van der Waals surface area contributed by atoms with Gasteiger partial charge in [0.25, 0.3) is 5.56 Å². The van der Waals surface area contributed by atoms with Gasteiger partial charge in [0.2, 0.25) is 0 Å². The summed E-state index contributed by atoms with van der Waals surface area (Å²) in [4.78, 5) is 26.7. The Balaban J connectivity index is 1.95. The van der Waals surface area contributed by atoms with E-state index in [9.17, 15) is 9.59 Å². The summed E-state index contributed by atoms with van der Waals surface area (Å²) in [5.74, 6) is -0.602. The van der Waals surface area contributed by atoms with Crippen molar-refractivity contribution in [3.8, 4) is 0 Å². The van der Waals surface area contributed by atoms with Crippen molar-refractivity contribution in [1.29, 1.82) is 0 Å². The molecule has 0 aliphatic rings. The van der Waals surface area contributed by atoms with E-state index >= 15 is 0 Å². The zero-order valence-corrected chi connectivity index (χ0v) is 11.7. The monoisotopic (exact) mass is 287 g/mol. The minimum Gasteiger partial charge on any atom is -0.478 e. The summed E-state index contributed by atoms with van der Waals surface area (Å²) < 4.78 is 1.58. The number of rotatable bonds is 6. The van der Waals surface area contributed by atoms with Gasteiger partial charge in [-0.3, -0.25) is 4.79 Å². The largest absolute Gasteiger partial charge is 0.478 e. The molecule has 2 aromatic rings. The predicted molar refractivity (Wildman–Crippen MR) is 79.8 cm³/mol. The number of carbonyl (C=O) groups is 1. The standard InChI is InChI=1S/C15H17N3O3/c1-2-18-10-9-17-13(14(18)19)16-8-7-11-3-5-12(6-4-11)15(20)21/h3-6,9-10H,2,7-8H2,1H3,(H,16,17)(H,20,21). The van der Waals surface area contributed by atoms with Gasteiger partial charge in [-0.05, 0) is 31.0 Å². The Hall–Kier alpha value is -2.63. The van der Waals surface area contributed by atoms with Crippen LogP contribution in [0.25, 0.3) is 0 Å². The number of nitrogens with zero attached hydrogens (tertiary/aromatic N) is 2. The quantitative estimate of drug-likeness (QED) is 0.843. The fourth-order valence-corrected chi connectivity index (χ4v) is 1.96. The van der Waals surface area contributed by atoms with Gasteiger partial charge in [-0.15, -0.1) is 0 Å². The highest BCUT2D eigenvalue weighted by molar-refractivity contribution is 5.87. The molecule has 6 heteroatoms. The number of aryl methyl sites for hydroxylation is 1. The first-order chi connectivity index (χ1) is 10.1. The molecule has 2 rings (SSSR count). The van der Waals surface area contributed by atoms with Crippen molar-refractivity contribution in [2.45, 2.75) is 19.9 Å². The number of aromatic carboxylic acids is 1. The Morgan fingerprint density at radius 3 is 2.67 bits per heavy atom. The van der Waals surface area contributed by atoms with E-state index in [0.717, 1.165) is 5.56 Å². The molecule has 1 heterocycles. The van der Waals surface area contributed by atoms with E-state index in [2.05, 4.69) is 10.3 Å². The molecule has 0 unspecified atom stereocenters. The number of aromatic nitrogens is 2. The molecule has 0 spiro atoms. The number of benzene rings is 1. The summed E-state index contributed by atoms with van der Waals surface area (Å²) in [6.07, 6.45) is 3.93. The van der Waals surface area contributed by atoms with Crippen LogP contribution in [0.4, 0.5) is 5.82 Å². The summed E-state index contributed by atoms with van der Waals surface area (Å²) in [6.45, 7) is 3.06. The van der Waals surface area contributed by atoms with Crippen LogP contribution in [0.5, 0.6) is 0 Å². The highest BCUT2D eigenvalue weighted by Gasteiger charge is 2.04. The zero-order valence-electron chi connectivity index (χ0n) is 11.7. The third kappa shape index (κ3) is 3.68. The van der Waals surface area contributed by atoms with E-state index in [1.165, 1.54) is 0 Å².